The molecular formula is C7H12O2. The minimum atomic E-state index is -0.331. The summed E-state index contributed by atoms with van der Waals surface area (Å²) in [6.07, 6.45) is 2.15. The third-order valence-electron chi connectivity index (χ3n) is 1.30. The highest BCUT2D eigenvalue weighted by Crippen LogP contribution is 2.03. The summed E-state index contributed by atoms with van der Waals surface area (Å²) in [5, 5.41) is 0. The Balaban J connectivity index is 3.77. The van der Waals surface area contributed by atoms with Gasteiger partial charge in [0.25, 0.3) is 0 Å². The SMILES string of the molecule is C=C[C@H](C)[C@H](C=O)OC. The van der Waals surface area contributed by atoms with Gasteiger partial charge in [0.2, 0.25) is 0 Å². The zero-order valence-corrected chi connectivity index (χ0v) is 5.83. The number of aldehydes is 1. The van der Waals surface area contributed by atoms with Gasteiger partial charge in [-0.3, -0.25) is 0 Å². The van der Waals surface area contributed by atoms with Gasteiger partial charge >= 0.3 is 0 Å². The number of carbonyl (C=O) groups is 1. The topological polar surface area (TPSA) is 26.3 Å². The lowest BCUT2D eigenvalue weighted by atomic mass is 10.1. The van der Waals surface area contributed by atoms with E-state index in [1.807, 2.05) is 6.92 Å². The van der Waals surface area contributed by atoms with E-state index in [4.69, 9.17) is 4.74 Å². The maximum absolute atomic E-state index is 10.2. The molecule has 0 aromatic carbocycles. The summed E-state index contributed by atoms with van der Waals surface area (Å²) in [7, 11) is 1.51. The Hall–Kier alpha value is -0.630. The van der Waals surface area contributed by atoms with E-state index < -0.39 is 0 Å². The van der Waals surface area contributed by atoms with Gasteiger partial charge in [0, 0.05) is 13.0 Å². The van der Waals surface area contributed by atoms with Gasteiger partial charge in [0.15, 0.2) is 0 Å². The first-order valence-corrected chi connectivity index (χ1v) is 2.87. The number of carbonyl (C=O) groups excluding carboxylic acids is 1. The highest BCUT2D eigenvalue weighted by atomic mass is 16.5. The van der Waals surface area contributed by atoms with E-state index >= 15 is 0 Å². The van der Waals surface area contributed by atoms with Crippen molar-refractivity contribution in [3.8, 4) is 0 Å². The van der Waals surface area contributed by atoms with Crippen molar-refractivity contribution in [3.05, 3.63) is 12.7 Å². The molecule has 0 rings (SSSR count). The number of rotatable bonds is 4. The molecule has 0 aromatic rings. The predicted octanol–water partition coefficient (Wildman–Crippen LogP) is 1.02. The van der Waals surface area contributed by atoms with Gasteiger partial charge in [0.05, 0.1) is 0 Å². The van der Waals surface area contributed by atoms with E-state index in [0.717, 1.165) is 6.29 Å². The van der Waals surface area contributed by atoms with Crippen molar-refractivity contribution >= 4 is 6.29 Å². The van der Waals surface area contributed by atoms with Crippen LogP contribution in [-0.4, -0.2) is 19.5 Å². The smallest absolute Gasteiger partial charge is 0.149 e. The Labute approximate surface area is 55.5 Å². The average Bonchev–Trinajstić information content (AvgIpc) is 1.90. The van der Waals surface area contributed by atoms with Crippen molar-refractivity contribution < 1.29 is 9.53 Å². The average molecular weight is 128 g/mol. The fourth-order valence-corrected chi connectivity index (χ4v) is 0.528. The molecule has 0 fully saturated rings. The molecule has 0 saturated heterocycles. The third-order valence-corrected chi connectivity index (χ3v) is 1.30. The lowest BCUT2D eigenvalue weighted by Gasteiger charge is -2.11. The van der Waals surface area contributed by atoms with E-state index in [9.17, 15) is 4.79 Å². The number of hydrogen-bond donors (Lipinski definition) is 0. The number of methoxy groups -OCH3 is 1. The molecule has 0 N–H and O–H groups in total. The largest absolute Gasteiger partial charge is 0.373 e. The molecule has 0 aliphatic carbocycles. The van der Waals surface area contributed by atoms with Crippen LogP contribution in [0, 0.1) is 5.92 Å². The van der Waals surface area contributed by atoms with Crippen molar-refractivity contribution in [2.24, 2.45) is 5.92 Å². The first-order chi connectivity index (χ1) is 4.26. The molecule has 0 aromatic heterocycles. The van der Waals surface area contributed by atoms with Crippen LogP contribution < -0.4 is 0 Å². The monoisotopic (exact) mass is 128 g/mol. The van der Waals surface area contributed by atoms with E-state index in [-0.39, 0.29) is 12.0 Å². The highest BCUT2D eigenvalue weighted by Gasteiger charge is 2.10. The van der Waals surface area contributed by atoms with Crippen LogP contribution in [0.1, 0.15) is 6.92 Å². The normalized spacial score (nSPS) is 16.2. The molecule has 52 valence electrons. The van der Waals surface area contributed by atoms with Crippen molar-refractivity contribution in [2.45, 2.75) is 13.0 Å². The van der Waals surface area contributed by atoms with Crippen LogP contribution in [0.25, 0.3) is 0 Å². The van der Waals surface area contributed by atoms with Gasteiger partial charge in [-0.05, 0) is 0 Å². The standard InChI is InChI=1S/C7H12O2/c1-4-6(2)7(5-8)9-3/h4-7H,1H2,2-3H3/t6-,7-/m0/s1. The Morgan fingerprint density at radius 1 is 1.67 bits per heavy atom. The van der Waals surface area contributed by atoms with Crippen LogP contribution >= 0.6 is 0 Å². The Bertz CT molecular complexity index is 99.1. The molecule has 0 spiro atoms. The summed E-state index contributed by atoms with van der Waals surface area (Å²) in [4.78, 5) is 10.2. The molecular weight excluding hydrogens is 116 g/mol. The third kappa shape index (κ3) is 2.42. The Morgan fingerprint density at radius 3 is 2.33 bits per heavy atom. The van der Waals surface area contributed by atoms with Crippen molar-refractivity contribution in [1.29, 1.82) is 0 Å². The summed E-state index contributed by atoms with van der Waals surface area (Å²) in [6, 6.07) is 0. The maximum Gasteiger partial charge on any atom is 0.149 e. The highest BCUT2D eigenvalue weighted by molar-refractivity contribution is 5.56. The molecule has 9 heavy (non-hydrogen) atoms. The second kappa shape index (κ2) is 4.27. The zero-order valence-electron chi connectivity index (χ0n) is 5.83. The minimum Gasteiger partial charge on any atom is -0.373 e. The minimum absolute atomic E-state index is 0.104. The van der Waals surface area contributed by atoms with Crippen molar-refractivity contribution in [3.63, 3.8) is 0 Å². The van der Waals surface area contributed by atoms with Gasteiger partial charge in [-0.15, -0.1) is 6.58 Å². The summed E-state index contributed by atoms with van der Waals surface area (Å²) in [5.74, 6) is 0.104. The Morgan fingerprint density at radius 2 is 2.22 bits per heavy atom. The fraction of sp³-hybridized carbons (Fsp3) is 0.571. The number of ether oxygens (including phenoxy) is 1. The van der Waals surface area contributed by atoms with Crippen LogP contribution in [0.2, 0.25) is 0 Å². The Kier molecular flexibility index (Phi) is 3.97. The van der Waals surface area contributed by atoms with E-state index in [1.165, 1.54) is 7.11 Å². The van der Waals surface area contributed by atoms with Gasteiger partial charge in [-0.25, -0.2) is 0 Å². The summed E-state index contributed by atoms with van der Waals surface area (Å²) in [6.45, 7) is 5.42. The van der Waals surface area contributed by atoms with Crippen LogP contribution in [-0.2, 0) is 9.53 Å². The second-order valence-corrected chi connectivity index (χ2v) is 1.93. The predicted molar refractivity (Wildman–Crippen MR) is 36.2 cm³/mol. The lowest BCUT2D eigenvalue weighted by molar-refractivity contribution is -0.117. The molecule has 0 amide bonds. The molecule has 0 saturated carbocycles. The molecule has 0 aliphatic rings. The second-order valence-electron chi connectivity index (χ2n) is 1.93. The quantitative estimate of drug-likeness (QED) is 0.417. The van der Waals surface area contributed by atoms with Crippen molar-refractivity contribution in [2.75, 3.05) is 7.11 Å². The summed E-state index contributed by atoms with van der Waals surface area (Å²) in [5.41, 5.74) is 0. The molecule has 2 atom stereocenters. The summed E-state index contributed by atoms with van der Waals surface area (Å²) < 4.78 is 4.81. The van der Waals surface area contributed by atoms with E-state index in [1.54, 1.807) is 6.08 Å². The molecule has 0 unspecified atom stereocenters. The molecule has 0 radical (unpaired) electrons. The van der Waals surface area contributed by atoms with Gasteiger partial charge < -0.3 is 9.53 Å². The van der Waals surface area contributed by atoms with E-state index in [2.05, 4.69) is 6.58 Å². The zero-order chi connectivity index (χ0) is 7.28. The van der Waals surface area contributed by atoms with Crippen LogP contribution in [0.4, 0.5) is 0 Å². The van der Waals surface area contributed by atoms with Crippen LogP contribution in [0.15, 0.2) is 12.7 Å². The van der Waals surface area contributed by atoms with Gasteiger partial charge in [0.1, 0.15) is 12.4 Å². The van der Waals surface area contributed by atoms with Crippen LogP contribution in [0.3, 0.4) is 0 Å². The fourth-order valence-electron chi connectivity index (χ4n) is 0.528. The molecule has 0 heterocycles. The maximum atomic E-state index is 10.2. The molecule has 0 aliphatic heterocycles. The lowest BCUT2D eigenvalue weighted by Crippen LogP contribution is -2.19. The molecule has 2 nitrogen and oxygen atoms in total. The molecule has 0 bridgehead atoms. The van der Waals surface area contributed by atoms with Gasteiger partial charge in [-0.1, -0.05) is 13.0 Å². The first-order valence-electron chi connectivity index (χ1n) is 2.87. The van der Waals surface area contributed by atoms with Crippen LogP contribution in [0.5, 0.6) is 0 Å². The van der Waals surface area contributed by atoms with E-state index in [0.29, 0.717) is 0 Å². The first kappa shape index (κ1) is 8.37. The summed E-state index contributed by atoms with van der Waals surface area (Å²) >= 11 is 0. The van der Waals surface area contributed by atoms with Gasteiger partial charge in [-0.2, -0.15) is 0 Å². The van der Waals surface area contributed by atoms with Crippen molar-refractivity contribution in [1.82, 2.24) is 0 Å². The number of hydrogen-bond acceptors (Lipinski definition) is 2. The molecule has 2 heteroatoms.